The molecule has 0 spiro atoms. The van der Waals surface area contributed by atoms with Gasteiger partial charge in [-0.1, -0.05) is 35.9 Å². The minimum atomic E-state index is -0.226. The summed E-state index contributed by atoms with van der Waals surface area (Å²) in [6.07, 6.45) is -0.226. The highest BCUT2D eigenvalue weighted by atomic mass is 32.1. The molecule has 1 unspecified atom stereocenters. The number of aromatic nitrogens is 3. The van der Waals surface area contributed by atoms with Gasteiger partial charge in [0, 0.05) is 5.69 Å². The van der Waals surface area contributed by atoms with Gasteiger partial charge in [-0.3, -0.25) is 9.67 Å². The summed E-state index contributed by atoms with van der Waals surface area (Å²) in [6, 6.07) is 17.9. The Balaban J connectivity index is 1.92. The van der Waals surface area contributed by atoms with E-state index in [0.29, 0.717) is 4.77 Å². The second-order valence-corrected chi connectivity index (χ2v) is 5.52. The molecule has 112 valence electrons. The Bertz CT molecular complexity index is 806. The molecule has 3 rings (SSSR count). The smallest absolute Gasteiger partial charge is 0.199 e. The van der Waals surface area contributed by atoms with E-state index in [4.69, 9.17) is 17.0 Å². The number of para-hydroxylation sites is 1. The Hall–Kier alpha value is -2.40. The molecule has 2 aromatic carbocycles. The van der Waals surface area contributed by atoms with Crippen LogP contribution in [0.4, 0.5) is 0 Å². The standard InChI is InChI=1S/C17H17N3OS/c1-12-8-10-15(11-9-12)21-13(2)16-18-19-17(22)20(16)14-6-4-3-5-7-14/h3-11,13H,1-2H3,(H,19,22). The summed E-state index contributed by atoms with van der Waals surface area (Å²) in [5, 5.41) is 7.17. The zero-order valence-electron chi connectivity index (χ0n) is 12.5. The lowest BCUT2D eigenvalue weighted by Crippen LogP contribution is -2.11. The van der Waals surface area contributed by atoms with Gasteiger partial charge in [-0.15, -0.1) is 0 Å². The minimum Gasteiger partial charge on any atom is -0.483 e. The first-order valence-corrected chi connectivity index (χ1v) is 7.52. The average molecular weight is 311 g/mol. The van der Waals surface area contributed by atoms with Gasteiger partial charge < -0.3 is 4.74 Å². The quantitative estimate of drug-likeness (QED) is 0.727. The van der Waals surface area contributed by atoms with Crippen molar-refractivity contribution in [1.29, 1.82) is 0 Å². The minimum absolute atomic E-state index is 0.226. The van der Waals surface area contributed by atoms with Crippen molar-refractivity contribution >= 4 is 12.2 Å². The largest absolute Gasteiger partial charge is 0.483 e. The Morgan fingerprint density at radius 2 is 1.77 bits per heavy atom. The van der Waals surface area contributed by atoms with Crippen LogP contribution in [0.1, 0.15) is 24.4 Å². The van der Waals surface area contributed by atoms with E-state index in [1.807, 2.05) is 73.0 Å². The molecule has 1 N–H and O–H groups in total. The van der Waals surface area contributed by atoms with E-state index < -0.39 is 0 Å². The van der Waals surface area contributed by atoms with Gasteiger partial charge in [0.25, 0.3) is 0 Å². The van der Waals surface area contributed by atoms with Crippen molar-refractivity contribution in [3.05, 3.63) is 70.8 Å². The zero-order valence-corrected chi connectivity index (χ0v) is 13.3. The zero-order chi connectivity index (χ0) is 15.5. The summed E-state index contributed by atoms with van der Waals surface area (Å²) in [4.78, 5) is 0. The first-order chi connectivity index (χ1) is 10.6. The van der Waals surface area contributed by atoms with Crippen LogP contribution in [-0.4, -0.2) is 14.8 Å². The maximum atomic E-state index is 5.98. The number of rotatable bonds is 4. The van der Waals surface area contributed by atoms with Gasteiger partial charge >= 0.3 is 0 Å². The Kier molecular flexibility index (Phi) is 4.06. The van der Waals surface area contributed by atoms with Gasteiger partial charge in [0.2, 0.25) is 0 Å². The Morgan fingerprint density at radius 1 is 1.09 bits per heavy atom. The highest BCUT2D eigenvalue weighted by molar-refractivity contribution is 7.71. The molecule has 0 saturated heterocycles. The third-order valence-corrected chi connectivity index (χ3v) is 3.68. The van der Waals surface area contributed by atoms with Crippen LogP contribution in [0.25, 0.3) is 5.69 Å². The van der Waals surface area contributed by atoms with Crippen LogP contribution >= 0.6 is 12.2 Å². The lowest BCUT2D eigenvalue weighted by molar-refractivity contribution is 0.214. The number of nitrogens with zero attached hydrogens (tertiary/aromatic N) is 2. The summed E-state index contributed by atoms with van der Waals surface area (Å²) in [5.41, 5.74) is 2.17. The Labute approximate surface area is 134 Å². The summed E-state index contributed by atoms with van der Waals surface area (Å²) in [6.45, 7) is 4.01. The first kappa shape index (κ1) is 14.5. The van der Waals surface area contributed by atoms with Gasteiger partial charge in [0.1, 0.15) is 5.75 Å². The predicted octanol–water partition coefficient (Wildman–Crippen LogP) is 4.38. The fourth-order valence-electron chi connectivity index (χ4n) is 2.28. The van der Waals surface area contributed by atoms with Gasteiger partial charge in [-0.25, -0.2) is 0 Å². The maximum Gasteiger partial charge on any atom is 0.199 e. The van der Waals surface area contributed by atoms with Crippen molar-refractivity contribution in [3.63, 3.8) is 0 Å². The van der Waals surface area contributed by atoms with Crippen LogP contribution < -0.4 is 4.74 Å². The lowest BCUT2D eigenvalue weighted by atomic mass is 10.2. The highest BCUT2D eigenvalue weighted by Gasteiger charge is 2.17. The number of ether oxygens (including phenoxy) is 1. The topological polar surface area (TPSA) is 42.8 Å². The predicted molar refractivity (Wildman–Crippen MR) is 89.0 cm³/mol. The van der Waals surface area contributed by atoms with E-state index in [2.05, 4.69) is 10.2 Å². The molecule has 1 aromatic heterocycles. The number of aryl methyl sites for hydroxylation is 1. The van der Waals surface area contributed by atoms with Gasteiger partial charge in [0.15, 0.2) is 16.7 Å². The maximum absolute atomic E-state index is 5.98. The third-order valence-electron chi connectivity index (χ3n) is 3.41. The van der Waals surface area contributed by atoms with Crippen molar-refractivity contribution in [1.82, 2.24) is 14.8 Å². The summed E-state index contributed by atoms with van der Waals surface area (Å²) < 4.78 is 8.43. The summed E-state index contributed by atoms with van der Waals surface area (Å²) in [5.74, 6) is 1.56. The molecule has 22 heavy (non-hydrogen) atoms. The van der Waals surface area contributed by atoms with E-state index in [0.717, 1.165) is 17.3 Å². The fraction of sp³-hybridized carbons (Fsp3) is 0.176. The average Bonchev–Trinajstić information content (AvgIpc) is 2.92. The second-order valence-electron chi connectivity index (χ2n) is 5.13. The number of H-pyrrole nitrogens is 1. The van der Waals surface area contributed by atoms with E-state index in [1.165, 1.54) is 5.56 Å². The Morgan fingerprint density at radius 3 is 2.45 bits per heavy atom. The monoisotopic (exact) mass is 311 g/mol. The summed E-state index contributed by atoms with van der Waals surface area (Å²) >= 11 is 5.35. The van der Waals surface area contributed by atoms with Crippen LogP contribution in [0.2, 0.25) is 0 Å². The third kappa shape index (κ3) is 2.94. The van der Waals surface area contributed by atoms with E-state index in [9.17, 15) is 0 Å². The van der Waals surface area contributed by atoms with Crippen LogP contribution in [0.5, 0.6) is 5.75 Å². The number of hydrogen-bond donors (Lipinski definition) is 1. The molecule has 3 aromatic rings. The molecular weight excluding hydrogens is 294 g/mol. The number of benzene rings is 2. The van der Waals surface area contributed by atoms with Gasteiger partial charge in [-0.2, -0.15) is 5.10 Å². The molecule has 1 heterocycles. The molecule has 1 atom stereocenters. The second kappa shape index (κ2) is 6.15. The number of hydrogen-bond acceptors (Lipinski definition) is 3. The van der Waals surface area contributed by atoms with Gasteiger partial charge in [0.05, 0.1) is 0 Å². The van der Waals surface area contributed by atoms with E-state index >= 15 is 0 Å². The molecular formula is C17H17N3OS. The summed E-state index contributed by atoms with van der Waals surface area (Å²) in [7, 11) is 0. The molecule has 0 fully saturated rings. The molecule has 5 heteroatoms. The van der Waals surface area contributed by atoms with Crippen LogP contribution in [0.15, 0.2) is 54.6 Å². The molecule has 0 amide bonds. The highest BCUT2D eigenvalue weighted by Crippen LogP contribution is 2.23. The molecule has 4 nitrogen and oxygen atoms in total. The normalized spacial score (nSPS) is 12.1. The van der Waals surface area contributed by atoms with Crippen molar-refractivity contribution < 1.29 is 4.74 Å². The van der Waals surface area contributed by atoms with Crippen LogP contribution in [0.3, 0.4) is 0 Å². The number of nitrogens with one attached hydrogen (secondary N) is 1. The van der Waals surface area contributed by atoms with Crippen LogP contribution in [-0.2, 0) is 0 Å². The first-order valence-electron chi connectivity index (χ1n) is 7.11. The molecule has 0 radical (unpaired) electrons. The van der Waals surface area contributed by atoms with Crippen molar-refractivity contribution in [2.24, 2.45) is 0 Å². The SMILES string of the molecule is Cc1ccc(OC(C)c2n[nH]c(=S)n2-c2ccccc2)cc1. The van der Waals surface area contributed by atoms with Crippen molar-refractivity contribution in [3.8, 4) is 11.4 Å². The molecule has 0 aliphatic rings. The van der Waals surface area contributed by atoms with E-state index in [1.54, 1.807) is 0 Å². The molecule has 0 bridgehead atoms. The van der Waals surface area contributed by atoms with E-state index in [-0.39, 0.29) is 6.10 Å². The van der Waals surface area contributed by atoms with Crippen molar-refractivity contribution in [2.45, 2.75) is 20.0 Å². The van der Waals surface area contributed by atoms with Crippen molar-refractivity contribution in [2.75, 3.05) is 0 Å². The lowest BCUT2D eigenvalue weighted by Gasteiger charge is -2.15. The molecule has 0 aliphatic heterocycles. The number of aromatic amines is 1. The molecule has 0 saturated carbocycles. The van der Waals surface area contributed by atoms with Crippen LogP contribution in [0, 0.1) is 11.7 Å². The molecule has 0 aliphatic carbocycles. The van der Waals surface area contributed by atoms with Gasteiger partial charge in [-0.05, 0) is 50.3 Å². The fourth-order valence-corrected chi connectivity index (χ4v) is 2.53.